The van der Waals surface area contributed by atoms with Crippen molar-refractivity contribution in [1.29, 1.82) is 0 Å². The number of benzene rings is 1. The molecule has 0 amide bonds. The van der Waals surface area contributed by atoms with Crippen molar-refractivity contribution in [1.82, 2.24) is 5.43 Å². The maximum Gasteiger partial charge on any atom is 0.184 e. The van der Waals surface area contributed by atoms with Crippen LogP contribution in [0.3, 0.4) is 0 Å². The summed E-state index contributed by atoms with van der Waals surface area (Å²) in [6.45, 7) is 6.47. The van der Waals surface area contributed by atoms with Crippen molar-refractivity contribution in [2.45, 2.75) is 13.5 Å². The van der Waals surface area contributed by atoms with E-state index >= 15 is 0 Å². The Balaban J connectivity index is 2.31. The van der Waals surface area contributed by atoms with Crippen LogP contribution in [0.5, 0.6) is 0 Å². The second kappa shape index (κ2) is 5.51. The van der Waals surface area contributed by atoms with Gasteiger partial charge in [0.05, 0.1) is 12.8 Å². The van der Waals surface area contributed by atoms with Crippen LogP contribution in [-0.2, 0) is 11.3 Å². The monoisotopic (exact) mass is 243 g/mol. The average Bonchev–Trinajstić information content (AvgIpc) is 2.86. The number of anilines is 1. The summed E-state index contributed by atoms with van der Waals surface area (Å²) in [4.78, 5) is 4.21. The summed E-state index contributed by atoms with van der Waals surface area (Å²) in [6, 6.07) is 6.23. The first kappa shape index (κ1) is 12.4. The number of nitrogens with zero attached hydrogens (tertiary/aromatic N) is 1. The first-order valence-electron chi connectivity index (χ1n) is 5.77. The molecule has 0 aromatic heterocycles. The van der Waals surface area contributed by atoms with Gasteiger partial charge >= 0.3 is 0 Å². The van der Waals surface area contributed by atoms with Gasteiger partial charge < -0.3 is 10.2 Å². The topological polar surface area (TPSA) is 45.6 Å². The van der Waals surface area contributed by atoms with Gasteiger partial charge in [0.1, 0.15) is 0 Å². The maximum absolute atomic E-state index is 5.01. The van der Waals surface area contributed by atoms with E-state index in [4.69, 9.17) is 4.74 Å². The summed E-state index contributed by atoms with van der Waals surface area (Å²) in [5.41, 5.74) is 10.6. The third-order valence-corrected chi connectivity index (χ3v) is 2.84. The lowest BCUT2D eigenvalue weighted by molar-refractivity contribution is 0.400. The molecule has 1 aromatic carbocycles. The maximum atomic E-state index is 5.01. The number of hydrogen-bond donors (Lipinski definition) is 2. The minimum Gasteiger partial charge on any atom is -0.484 e. The molecule has 0 atom stereocenters. The summed E-state index contributed by atoms with van der Waals surface area (Å²) in [5, 5.41) is 0. The number of methoxy groups -OCH3 is 1. The molecule has 1 aliphatic heterocycles. The van der Waals surface area contributed by atoms with Crippen molar-refractivity contribution in [2.24, 2.45) is 4.99 Å². The highest BCUT2D eigenvalue weighted by molar-refractivity contribution is 5.79. The van der Waals surface area contributed by atoms with Gasteiger partial charge in [0.15, 0.2) is 5.90 Å². The van der Waals surface area contributed by atoms with Crippen LogP contribution in [0, 0.1) is 0 Å². The zero-order valence-electron chi connectivity index (χ0n) is 10.7. The molecular weight excluding hydrogens is 226 g/mol. The van der Waals surface area contributed by atoms with Gasteiger partial charge in [0.2, 0.25) is 0 Å². The van der Waals surface area contributed by atoms with Gasteiger partial charge in [0.25, 0.3) is 0 Å². The Bertz CT molecular complexity index is 518. The smallest absolute Gasteiger partial charge is 0.184 e. The van der Waals surface area contributed by atoms with Crippen LogP contribution in [0.2, 0.25) is 0 Å². The molecule has 0 aliphatic carbocycles. The van der Waals surface area contributed by atoms with E-state index in [2.05, 4.69) is 34.6 Å². The molecule has 18 heavy (non-hydrogen) atoms. The van der Waals surface area contributed by atoms with E-state index in [9.17, 15) is 0 Å². The molecule has 4 nitrogen and oxygen atoms in total. The van der Waals surface area contributed by atoms with E-state index in [0.29, 0.717) is 5.90 Å². The fraction of sp³-hybridized carbons (Fsp3) is 0.214. The Morgan fingerprint density at radius 1 is 1.50 bits per heavy atom. The van der Waals surface area contributed by atoms with Crippen LogP contribution in [-0.4, -0.2) is 13.0 Å². The zero-order chi connectivity index (χ0) is 13.0. The van der Waals surface area contributed by atoms with Crippen LogP contribution < -0.4 is 10.9 Å². The standard InChI is InChI=1S/C14H17N3O/c1-4-11(8-15-10(2)18-3)12-5-6-14-13(7-12)9-16-17-14/h4-8,16-17H,1,9H2,2-3H3/b11-8+,15-10+. The number of aliphatic imine (C=N–C) groups is 1. The van der Waals surface area contributed by atoms with Crippen molar-refractivity contribution < 1.29 is 4.74 Å². The van der Waals surface area contributed by atoms with E-state index in [1.165, 1.54) is 5.56 Å². The summed E-state index contributed by atoms with van der Waals surface area (Å²) in [7, 11) is 1.60. The Morgan fingerprint density at radius 2 is 2.33 bits per heavy atom. The van der Waals surface area contributed by atoms with Crippen molar-refractivity contribution in [2.75, 3.05) is 12.5 Å². The Kier molecular flexibility index (Phi) is 3.79. The summed E-state index contributed by atoms with van der Waals surface area (Å²) in [6.07, 6.45) is 3.56. The lowest BCUT2D eigenvalue weighted by Gasteiger charge is -2.04. The van der Waals surface area contributed by atoms with Crippen LogP contribution in [0.15, 0.2) is 42.0 Å². The van der Waals surface area contributed by atoms with E-state index < -0.39 is 0 Å². The molecule has 0 saturated carbocycles. The second-order valence-corrected chi connectivity index (χ2v) is 3.99. The molecule has 0 radical (unpaired) electrons. The van der Waals surface area contributed by atoms with E-state index in [-0.39, 0.29) is 0 Å². The third kappa shape index (κ3) is 2.60. The van der Waals surface area contributed by atoms with E-state index in [1.807, 2.05) is 13.0 Å². The van der Waals surface area contributed by atoms with Gasteiger partial charge in [-0.1, -0.05) is 18.7 Å². The molecule has 0 bridgehead atoms. The molecule has 2 rings (SSSR count). The molecule has 1 aliphatic rings. The number of hydrazine groups is 1. The molecular formula is C14H17N3O. The molecule has 0 saturated heterocycles. The predicted octanol–water partition coefficient (Wildman–Crippen LogP) is 2.71. The molecule has 94 valence electrons. The minimum absolute atomic E-state index is 0.624. The van der Waals surface area contributed by atoms with Crippen LogP contribution >= 0.6 is 0 Å². The van der Waals surface area contributed by atoms with E-state index in [0.717, 1.165) is 23.4 Å². The highest BCUT2D eigenvalue weighted by Gasteiger charge is 2.10. The van der Waals surface area contributed by atoms with Crippen molar-refractivity contribution in [3.05, 3.63) is 48.2 Å². The predicted molar refractivity (Wildman–Crippen MR) is 75.2 cm³/mol. The van der Waals surface area contributed by atoms with Crippen LogP contribution in [0.25, 0.3) is 5.57 Å². The lowest BCUT2D eigenvalue weighted by Crippen LogP contribution is -2.10. The average molecular weight is 243 g/mol. The highest BCUT2D eigenvalue weighted by Crippen LogP contribution is 2.25. The van der Waals surface area contributed by atoms with Crippen LogP contribution in [0.4, 0.5) is 5.69 Å². The third-order valence-electron chi connectivity index (χ3n) is 2.84. The van der Waals surface area contributed by atoms with Crippen molar-refractivity contribution >= 4 is 17.2 Å². The normalized spacial score (nSPS) is 15.0. The lowest BCUT2D eigenvalue weighted by atomic mass is 10.0. The van der Waals surface area contributed by atoms with Gasteiger partial charge in [-0.15, -0.1) is 0 Å². The van der Waals surface area contributed by atoms with Crippen molar-refractivity contribution in [3.8, 4) is 0 Å². The summed E-state index contributed by atoms with van der Waals surface area (Å²) < 4.78 is 5.01. The largest absolute Gasteiger partial charge is 0.484 e. The van der Waals surface area contributed by atoms with Gasteiger partial charge in [-0.2, -0.15) is 0 Å². The zero-order valence-corrected chi connectivity index (χ0v) is 10.7. The number of allylic oxidation sites excluding steroid dienone is 2. The fourth-order valence-corrected chi connectivity index (χ4v) is 1.73. The molecule has 0 fully saturated rings. The highest BCUT2D eigenvalue weighted by atomic mass is 16.5. The number of hydrogen-bond acceptors (Lipinski definition) is 4. The quantitative estimate of drug-likeness (QED) is 0.487. The van der Waals surface area contributed by atoms with Gasteiger partial charge in [-0.25, -0.2) is 10.4 Å². The van der Waals surface area contributed by atoms with Gasteiger partial charge in [0, 0.05) is 19.7 Å². The molecule has 1 aromatic rings. The van der Waals surface area contributed by atoms with Crippen LogP contribution in [0.1, 0.15) is 18.1 Å². The molecule has 4 heteroatoms. The van der Waals surface area contributed by atoms with Crippen molar-refractivity contribution in [3.63, 3.8) is 0 Å². The number of ether oxygens (including phenoxy) is 1. The first-order valence-corrected chi connectivity index (χ1v) is 5.77. The Morgan fingerprint density at radius 3 is 3.06 bits per heavy atom. The first-order chi connectivity index (χ1) is 8.74. The summed E-state index contributed by atoms with van der Waals surface area (Å²) in [5.74, 6) is 0.624. The molecule has 0 unspecified atom stereocenters. The van der Waals surface area contributed by atoms with Gasteiger partial charge in [-0.3, -0.25) is 0 Å². The Labute approximate surface area is 107 Å². The van der Waals surface area contributed by atoms with E-state index in [1.54, 1.807) is 19.4 Å². The number of nitrogens with one attached hydrogen (secondary N) is 2. The Hall–Kier alpha value is -2.07. The fourth-order valence-electron chi connectivity index (χ4n) is 1.73. The molecule has 1 heterocycles. The molecule has 2 N–H and O–H groups in total. The number of rotatable bonds is 3. The summed E-state index contributed by atoms with van der Waals surface area (Å²) >= 11 is 0. The molecule has 0 spiro atoms. The second-order valence-electron chi connectivity index (χ2n) is 3.99. The minimum atomic E-state index is 0.624. The number of fused-ring (bicyclic) bond motifs is 1. The van der Waals surface area contributed by atoms with Gasteiger partial charge in [-0.05, 0) is 28.8 Å². The SMILES string of the molecule is C=C/C(=C\N=C(/C)OC)c1ccc2c(c1)CNN2.